The standard InChI is InChI=1S/C19H27N3O3.HI/c1-13-6-11-18(25-13)15(3)22-19(20-4)21-12-14(2)24-17-9-7-16(23-5)8-10-17;/h6-11,14-15H,12H2,1-5H3,(H2,20,21,22);1H. The number of aliphatic imine (C=N–C) groups is 1. The summed E-state index contributed by atoms with van der Waals surface area (Å²) < 4.78 is 16.7. The van der Waals surface area contributed by atoms with E-state index in [4.69, 9.17) is 13.9 Å². The molecule has 6 nitrogen and oxygen atoms in total. The second kappa shape index (κ2) is 10.9. The van der Waals surface area contributed by atoms with Crippen LogP contribution in [0.4, 0.5) is 0 Å². The minimum atomic E-state index is -0.0203. The van der Waals surface area contributed by atoms with Crippen LogP contribution in [-0.2, 0) is 0 Å². The predicted molar refractivity (Wildman–Crippen MR) is 115 cm³/mol. The second-order valence-corrected chi connectivity index (χ2v) is 5.87. The number of hydrogen-bond acceptors (Lipinski definition) is 4. The lowest BCUT2D eigenvalue weighted by Crippen LogP contribution is -2.42. The van der Waals surface area contributed by atoms with Crippen molar-refractivity contribution in [2.24, 2.45) is 4.99 Å². The summed E-state index contributed by atoms with van der Waals surface area (Å²) >= 11 is 0. The number of benzene rings is 1. The van der Waals surface area contributed by atoms with E-state index in [0.717, 1.165) is 23.0 Å². The van der Waals surface area contributed by atoms with Gasteiger partial charge in [-0.05, 0) is 57.2 Å². The second-order valence-electron chi connectivity index (χ2n) is 5.87. The van der Waals surface area contributed by atoms with Crippen LogP contribution in [0.5, 0.6) is 11.5 Å². The minimum Gasteiger partial charge on any atom is -0.497 e. The van der Waals surface area contributed by atoms with E-state index in [1.54, 1.807) is 14.2 Å². The maximum atomic E-state index is 5.88. The molecule has 0 fully saturated rings. The highest BCUT2D eigenvalue weighted by molar-refractivity contribution is 14.0. The van der Waals surface area contributed by atoms with Crippen molar-refractivity contribution in [3.63, 3.8) is 0 Å². The molecular formula is C19H28IN3O3. The molecule has 26 heavy (non-hydrogen) atoms. The summed E-state index contributed by atoms with van der Waals surface area (Å²) in [4.78, 5) is 4.24. The first-order chi connectivity index (χ1) is 12.0. The molecule has 0 bridgehead atoms. The number of methoxy groups -OCH3 is 1. The van der Waals surface area contributed by atoms with Crippen molar-refractivity contribution in [3.05, 3.63) is 47.9 Å². The number of ether oxygens (including phenoxy) is 2. The largest absolute Gasteiger partial charge is 0.497 e. The van der Waals surface area contributed by atoms with E-state index < -0.39 is 0 Å². The van der Waals surface area contributed by atoms with Crippen LogP contribution in [-0.4, -0.2) is 32.8 Å². The predicted octanol–water partition coefficient (Wildman–Crippen LogP) is 3.91. The Morgan fingerprint density at radius 1 is 1.12 bits per heavy atom. The van der Waals surface area contributed by atoms with E-state index in [1.807, 2.05) is 57.2 Å². The van der Waals surface area contributed by atoms with Crippen LogP contribution in [0.2, 0.25) is 0 Å². The first-order valence-corrected chi connectivity index (χ1v) is 8.36. The molecule has 144 valence electrons. The number of halogens is 1. The molecule has 2 unspecified atom stereocenters. The van der Waals surface area contributed by atoms with Gasteiger partial charge in [0.2, 0.25) is 0 Å². The topological polar surface area (TPSA) is 68.0 Å². The van der Waals surface area contributed by atoms with Crippen molar-refractivity contribution in [3.8, 4) is 11.5 Å². The number of nitrogens with one attached hydrogen (secondary N) is 2. The Labute approximate surface area is 172 Å². The average molecular weight is 473 g/mol. The molecule has 2 rings (SSSR count). The van der Waals surface area contributed by atoms with Crippen LogP contribution < -0.4 is 20.1 Å². The molecule has 0 spiro atoms. The van der Waals surface area contributed by atoms with Gasteiger partial charge in [-0.2, -0.15) is 0 Å². The van der Waals surface area contributed by atoms with Gasteiger partial charge in [-0.25, -0.2) is 0 Å². The van der Waals surface area contributed by atoms with E-state index in [2.05, 4.69) is 15.6 Å². The van der Waals surface area contributed by atoms with E-state index in [1.165, 1.54) is 0 Å². The quantitative estimate of drug-likeness (QED) is 0.363. The minimum absolute atomic E-state index is 0. The molecule has 0 aliphatic rings. The molecule has 1 heterocycles. The SMILES string of the molecule is CN=C(NCC(C)Oc1ccc(OC)cc1)NC(C)c1ccc(C)o1.I. The average Bonchev–Trinajstić information content (AvgIpc) is 3.05. The number of guanidine groups is 1. The van der Waals surface area contributed by atoms with Crippen molar-refractivity contribution < 1.29 is 13.9 Å². The third-order valence-electron chi connectivity index (χ3n) is 3.72. The van der Waals surface area contributed by atoms with Crippen molar-refractivity contribution >= 4 is 29.9 Å². The zero-order chi connectivity index (χ0) is 18.2. The smallest absolute Gasteiger partial charge is 0.191 e. The van der Waals surface area contributed by atoms with Gasteiger partial charge in [-0.15, -0.1) is 24.0 Å². The lowest BCUT2D eigenvalue weighted by Gasteiger charge is -2.20. The zero-order valence-corrected chi connectivity index (χ0v) is 18.2. The van der Waals surface area contributed by atoms with E-state index in [0.29, 0.717) is 12.5 Å². The molecule has 0 aliphatic carbocycles. The van der Waals surface area contributed by atoms with Gasteiger partial charge in [0.25, 0.3) is 0 Å². The molecule has 2 N–H and O–H groups in total. The Balaban J connectivity index is 0.00000338. The molecular weight excluding hydrogens is 445 g/mol. The molecule has 1 aromatic heterocycles. The number of rotatable bonds is 7. The lowest BCUT2D eigenvalue weighted by molar-refractivity contribution is 0.223. The normalized spacial score (nSPS) is 13.3. The Bertz CT molecular complexity index is 686. The number of aryl methyl sites for hydroxylation is 1. The summed E-state index contributed by atoms with van der Waals surface area (Å²) in [5.41, 5.74) is 0. The summed E-state index contributed by atoms with van der Waals surface area (Å²) in [7, 11) is 3.39. The van der Waals surface area contributed by atoms with Gasteiger partial charge >= 0.3 is 0 Å². The Morgan fingerprint density at radius 2 is 1.77 bits per heavy atom. The van der Waals surface area contributed by atoms with Crippen molar-refractivity contribution in [1.82, 2.24) is 10.6 Å². The van der Waals surface area contributed by atoms with Gasteiger partial charge in [-0.3, -0.25) is 4.99 Å². The maximum Gasteiger partial charge on any atom is 0.191 e. The highest BCUT2D eigenvalue weighted by Gasteiger charge is 2.12. The molecule has 0 saturated carbocycles. The Kier molecular flexibility index (Phi) is 9.32. The third-order valence-corrected chi connectivity index (χ3v) is 3.72. The lowest BCUT2D eigenvalue weighted by atomic mass is 10.2. The van der Waals surface area contributed by atoms with Gasteiger partial charge in [0.05, 0.1) is 19.7 Å². The molecule has 0 saturated heterocycles. The molecule has 1 aromatic carbocycles. The number of nitrogens with zero attached hydrogens (tertiary/aromatic N) is 1. The highest BCUT2D eigenvalue weighted by atomic mass is 127. The first kappa shape index (κ1) is 22.1. The van der Waals surface area contributed by atoms with Crippen LogP contribution in [0.1, 0.15) is 31.4 Å². The molecule has 7 heteroatoms. The van der Waals surface area contributed by atoms with Gasteiger partial charge < -0.3 is 24.5 Å². The fourth-order valence-corrected chi connectivity index (χ4v) is 2.33. The van der Waals surface area contributed by atoms with E-state index >= 15 is 0 Å². The summed E-state index contributed by atoms with van der Waals surface area (Å²) in [5, 5.41) is 6.57. The van der Waals surface area contributed by atoms with Crippen molar-refractivity contribution in [2.75, 3.05) is 20.7 Å². The number of furan rings is 1. The van der Waals surface area contributed by atoms with Crippen molar-refractivity contribution in [1.29, 1.82) is 0 Å². The van der Waals surface area contributed by atoms with E-state index in [-0.39, 0.29) is 36.1 Å². The summed E-state index contributed by atoms with van der Waals surface area (Å²) in [6.07, 6.45) is -0.0203. The molecule has 2 aromatic rings. The van der Waals surface area contributed by atoms with Crippen LogP contribution in [0.15, 0.2) is 45.8 Å². The van der Waals surface area contributed by atoms with Crippen LogP contribution >= 0.6 is 24.0 Å². The molecule has 0 amide bonds. The van der Waals surface area contributed by atoms with Gasteiger partial charge in [-0.1, -0.05) is 0 Å². The summed E-state index contributed by atoms with van der Waals surface area (Å²) in [5.74, 6) is 4.09. The summed E-state index contributed by atoms with van der Waals surface area (Å²) in [6, 6.07) is 11.5. The molecule has 0 radical (unpaired) electrons. The Hall–Kier alpha value is -1.90. The first-order valence-electron chi connectivity index (χ1n) is 8.36. The van der Waals surface area contributed by atoms with Crippen LogP contribution in [0.25, 0.3) is 0 Å². The van der Waals surface area contributed by atoms with Gasteiger partial charge in [0.15, 0.2) is 5.96 Å². The third kappa shape index (κ3) is 6.78. The van der Waals surface area contributed by atoms with Gasteiger partial charge in [0, 0.05) is 7.05 Å². The fraction of sp³-hybridized carbons (Fsp3) is 0.421. The van der Waals surface area contributed by atoms with Gasteiger partial charge in [0.1, 0.15) is 29.1 Å². The molecule has 2 atom stereocenters. The highest BCUT2D eigenvalue weighted by Crippen LogP contribution is 2.18. The molecule has 0 aliphatic heterocycles. The summed E-state index contributed by atoms with van der Waals surface area (Å²) in [6.45, 7) is 6.59. The Morgan fingerprint density at radius 3 is 2.31 bits per heavy atom. The van der Waals surface area contributed by atoms with Crippen LogP contribution in [0, 0.1) is 6.92 Å². The van der Waals surface area contributed by atoms with Crippen molar-refractivity contribution in [2.45, 2.75) is 32.9 Å². The monoisotopic (exact) mass is 473 g/mol. The zero-order valence-electron chi connectivity index (χ0n) is 15.9. The fourth-order valence-electron chi connectivity index (χ4n) is 2.33. The number of hydrogen-bond donors (Lipinski definition) is 2. The maximum absolute atomic E-state index is 5.88. The van der Waals surface area contributed by atoms with Crippen LogP contribution in [0.3, 0.4) is 0 Å². The van der Waals surface area contributed by atoms with E-state index in [9.17, 15) is 0 Å².